The number of aromatic nitrogens is 2. The number of hydrogen-bond donors (Lipinski definition) is 1. The van der Waals surface area contributed by atoms with Crippen molar-refractivity contribution in [2.24, 2.45) is 5.92 Å². The van der Waals surface area contributed by atoms with Crippen LogP contribution in [0.1, 0.15) is 41.6 Å². The molecule has 2 amide bonds. The zero-order valence-corrected chi connectivity index (χ0v) is 18.3. The lowest BCUT2D eigenvalue weighted by Gasteiger charge is -2.31. The molecule has 6 heteroatoms. The molecule has 2 aliphatic rings. The molecule has 0 bridgehead atoms. The third-order valence-corrected chi connectivity index (χ3v) is 6.33. The quantitative estimate of drug-likeness (QED) is 0.668. The van der Waals surface area contributed by atoms with Crippen LogP contribution in [-0.4, -0.2) is 45.6 Å². The molecule has 0 radical (unpaired) electrons. The van der Waals surface area contributed by atoms with E-state index in [4.69, 9.17) is 5.10 Å². The largest absolute Gasteiger partial charge is 0.353 e. The maximum absolute atomic E-state index is 13.6. The molecule has 2 heterocycles. The molecule has 0 spiro atoms. The number of nitrogens with zero attached hydrogens (tertiary/aromatic N) is 3. The van der Waals surface area contributed by atoms with Crippen LogP contribution in [0.5, 0.6) is 0 Å². The highest BCUT2D eigenvalue weighted by Gasteiger charge is 2.32. The molecule has 6 nitrogen and oxygen atoms in total. The first-order valence-electron chi connectivity index (χ1n) is 11.4. The first-order chi connectivity index (χ1) is 15.6. The van der Waals surface area contributed by atoms with Crippen LogP contribution in [0.25, 0.3) is 16.9 Å². The van der Waals surface area contributed by atoms with Crippen LogP contribution in [-0.2, 0) is 4.79 Å². The number of rotatable bonds is 5. The first kappa shape index (κ1) is 20.5. The van der Waals surface area contributed by atoms with Gasteiger partial charge in [-0.1, -0.05) is 42.0 Å². The van der Waals surface area contributed by atoms with Crippen molar-refractivity contribution in [2.45, 2.75) is 38.6 Å². The molecule has 1 aliphatic carbocycles. The predicted molar refractivity (Wildman–Crippen MR) is 124 cm³/mol. The Hall–Kier alpha value is -3.41. The van der Waals surface area contributed by atoms with E-state index in [9.17, 15) is 9.59 Å². The van der Waals surface area contributed by atoms with E-state index in [0.29, 0.717) is 43.2 Å². The van der Waals surface area contributed by atoms with Gasteiger partial charge in [0.15, 0.2) is 0 Å². The number of nitrogens with one attached hydrogen (secondary N) is 1. The monoisotopic (exact) mass is 428 g/mol. The summed E-state index contributed by atoms with van der Waals surface area (Å²) in [7, 11) is 0. The van der Waals surface area contributed by atoms with Gasteiger partial charge in [-0.2, -0.15) is 5.10 Å². The number of likely N-dealkylation sites (tertiary alicyclic amines) is 1. The molecule has 1 saturated carbocycles. The molecule has 0 unspecified atom stereocenters. The van der Waals surface area contributed by atoms with Gasteiger partial charge in [-0.25, -0.2) is 4.68 Å². The fourth-order valence-corrected chi connectivity index (χ4v) is 4.31. The zero-order valence-electron chi connectivity index (χ0n) is 18.3. The van der Waals surface area contributed by atoms with Crippen LogP contribution >= 0.6 is 0 Å². The summed E-state index contributed by atoms with van der Waals surface area (Å²) >= 11 is 0. The van der Waals surface area contributed by atoms with Gasteiger partial charge in [-0.3, -0.25) is 9.59 Å². The summed E-state index contributed by atoms with van der Waals surface area (Å²) in [4.78, 5) is 27.8. The van der Waals surface area contributed by atoms with E-state index in [1.807, 2.05) is 66.6 Å². The molecule has 2 fully saturated rings. The zero-order chi connectivity index (χ0) is 22.1. The highest BCUT2D eigenvalue weighted by Crippen LogP contribution is 2.28. The first-order valence-corrected chi connectivity index (χ1v) is 11.4. The van der Waals surface area contributed by atoms with E-state index in [2.05, 4.69) is 11.4 Å². The van der Waals surface area contributed by atoms with Crippen LogP contribution in [0.3, 0.4) is 0 Å². The lowest BCUT2D eigenvalue weighted by Crippen LogP contribution is -2.43. The van der Waals surface area contributed by atoms with Gasteiger partial charge in [0.2, 0.25) is 5.91 Å². The molecule has 2 aromatic carbocycles. The Morgan fingerprint density at radius 3 is 2.41 bits per heavy atom. The van der Waals surface area contributed by atoms with Gasteiger partial charge in [0.05, 0.1) is 11.3 Å². The maximum atomic E-state index is 13.6. The van der Waals surface area contributed by atoms with Crippen molar-refractivity contribution in [3.63, 3.8) is 0 Å². The van der Waals surface area contributed by atoms with E-state index in [0.717, 1.165) is 29.7 Å². The third kappa shape index (κ3) is 4.31. The third-order valence-electron chi connectivity index (χ3n) is 6.33. The average molecular weight is 429 g/mol. The van der Waals surface area contributed by atoms with Crippen molar-refractivity contribution < 1.29 is 9.59 Å². The van der Waals surface area contributed by atoms with Crippen molar-refractivity contribution >= 4 is 11.8 Å². The van der Waals surface area contributed by atoms with Gasteiger partial charge in [-0.05, 0) is 50.8 Å². The highest BCUT2D eigenvalue weighted by molar-refractivity contribution is 6.00. The van der Waals surface area contributed by atoms with Crippen molar-refractivity contribution in [3.8, 4) is 16.9 Å². The molecule has 1 saturated heterocycles. The van der Waals surface area contributed by atoms with Gasteiger partial charge < -0.3 is 10.2 Å². The molecule has 32 heavy (non-hydrogen) atoms. The van der Waals surface area contributed by atoms with Gasteiger partial charge in [0.1, 0.15) is 5.69 Å². The summed E-state index contributed by atoms with van der Waals surface area (Å²) in [6.45, 7) is 3.22. The van der Waals surface area contributed by atoms with Gasteiger partial charge in [0, 0.05) is 36.8 Å². The Labute approximate surface area is 188 Å². The van der Waals surface area contributed by atoms with Gasteiger partial charge in [-0.15, -0.1) is 0 Å². The van der Waals surface area contributed by atoms with Crippen LogP contribution < -0.4 is 5.32 Å². The molecule has 1 N–H and O–H groups in total. The number of para-hydroxylation sites is 1. The molecular formula is C26H28N4O2. The second-order valence-electron chi connectivity index (χ2n) is 8.89. The summed E-state index contributed by atoms with van der Waals surface area (Å²) in [6, 6.07) is 18.3. The number of carbonyl (C=O) groups is 2. The Morgan fingerprint density at radius 1 is 0.969 bits per heavy atom. The molecule has 0 atom stereocenters. The molecule has 5 rings (SSSR count). The topological polar surface area (TPSA) is 67.2 Å². The number of piperidine rings is 1. The number of amides is 2. The van der Waals surface area contributed by atoms with Gasteiger partial charge in [0.25, 0.3) is 5.91 Å². The summed E-state index contributed by atoms with van der Waals surface area (Å²) < 4.78 is 1.78. The summed E-state index contributed by atoms with van der Waals surface area (Å²) in [5, 5.41) is 7.90. The molecule has 3 aromatic rings. The smallest absolute Gasteiger partial charge is 0.257 e. The van der Waals surface area contributed by atoms with E-state index in [-0.39, 0.29) is 17.7 Å². The lowest BCUT2D eigenvalue weighted by atomic mass is 9.95. The van der Waals surface area contributed by atoms with Crippen molar-refractivity contribution in [3.05, 3.63) is 71.9 Å². The molecule has 1 aliphatic heterocycles. The summed E-state index contributed by atoms with van der Waals surface area (Å²) in [5.74, 6) is 0.129. The van der Waals surface area contributed by atoms with Crippen molar-refractivity contribution in [2.75, 3.05) is 13.1 Å². The summed E-state index contributed by atoms with van der Waals surface area (Å²) in [6.07, 6.45) is 5.43. The van der Waals surface area contributed by atoms with E-state index >= 15 is 0 Å². The van der Waals surface area contributed by atoms with Crippen LogP contribution in [0.15, 0.2) is 60.8 Å². The van der Waals surface area contributed by atoms with Crippen molar-refractivity contribution in [1.82, 2.24) is 20.0 Å². The van der Waals surface area contributed by atoms with Gasteiger partial charge >= 0.3 is 0 Å². The Kier molecular flexibility index (Phi) is 5.52. The standard InChI is InChI=1S/C26H28N4O2/c1-18-6-5-7-20(16-18)24-23(17-30(28-24)22-8-3-2-4-9-22)26(32)29-14-12-19(13-15-29)25(31)27-21-10-11-21/h2-9,16-17,19,21H,10-15H2,1H3,(H,27,31). The van der Waals surface area contributed by atoms with Crippen LogP contribution in [0.2, 0.25) is 0 Å². The molecular weight excluding hydrogens is 400 g/mol. The minimum Gasteiger partial charge on any atom is -0.353 e. The van der Waals surface area contributed by atoms with Crippen molar-refractivity contribution in [1.29, 1.82) is 0 Å². The van der Waals surface area contributed by atoms with Crippen LogP contribution in [0.4, 0.5) is 0 Å². The Bertz CT molecular complexity index is 1130. The molecule has 1 aromatic heterocycles. The highest BCUT2D eigenvalue weighted by atomic mass is 16.2. The Balaban J connectivity index is 1.40. The van der Waals surface area contributed by atoms with E-state index in [1.165, 1.54) is 0 Å². The number of carbonyl (C=O) groups excluding carboxylic acids is 2. The second kappa shape index (κ2) is 8.61. The maximum Gasteiger partial charge on any atom is 0.257 e. The average Bonchev–Trinajstić information content (AvgIpc) is 3.53. The van der Waals surface area contributed by atoms with E-state index in [1.54, 1.807) is 4.68 Å². The fourth-order valence-electron chi connectivity index (χ4n) is 4.31. The minimum absolute atomic E-state index is 0.00272. The second-order valence-corrected chi connectivity index (χ2v) is 8.89. The normalized spacial score (nSPS) is 16.7. The predicted octanol–water partition coefficient (Wildman–Crippen LogP) is 3.98. The van der Waals surface area contributed by atoms with E-state index < -0.39 is 0 Å². The lowest BCUT2D eigenvalue weighted by molar-refractivity contribution is -0.126. The SMILES string of the molecule is Cc1cccc(-c2nn(-c3ccccc3)cc2C(=O)N2CCC(C(=O)NC3CC3)CC2)c1. The number of aryl methyl sites for hydroxylation is 1. The molecule has 164 valence electrons. The summed E-state index contributed by atoms with van der Waals surface area (Å²) in [5.41, 5.74) is 4.26. The number of benzene rings is 2. The fraction of sp³-hybridized carbons (Fsp3) is 0.346. The minimum atomic E-state index is -0.0234. The Morgan fingerprint density at radius 2 is 1.72 bits per heavy atom. The van der Waals surface area contributed by atoms with Crippen LogP contribution in [0, 0.1) is 12.8 Å². The number of hydrogen-bond acceptors (Lipinski definition) is 3.